The summed E-state index contributed by atoms with van der Waals surface area (Å²) in [7, 11) is 0. The molecule has 0 amide bonds. The summed E-state index contributed by atoms with van der Waals surface area (Å²) in [6, 6.07) is 7.21. The van der Waals surface area contributed by atoms with Crippen LogP contribution in [0.15, 0.2) is 18.2 Å². The molecular formula is C16H21NO. The Hall–Kier alpha value is -1.02. The van der Waals surface area contributed by atoms with Crippen LogP contribution in [0.4, 0.5) is 0 Å². The summed E-state index contributed by atoms with van der Waals surface area (Å²) in [5, 5.41) is 13.8. The first kappa shape index (κ1) is 10.9. The van der Waals surface area contributed by atoms with Gasteiger partial charge in [0.15, 0.2) is 0 Å². The van der Waals surface area contributed by atoms with E-state index in [1.165, 1.54) is 36.8 Å². The Bertz CT molecular complexity index is 470. The number of aromatic hydroxyl groups is 1. The molecule has 18 heavy (non-hydrogen) atoms. The smallest absolute Gasteiger partial charge is 0.119 e. The Morgan fingerprint density at radius 1 is 1.11 bits per heavy atom. The maximum atomic E-state index is 9.89. The predicted molar refractivity (Wildman–Crippen MR) is 71.5 cm³/mol. The Labute approximate surface area is 108 Å². The van der Waals surface area contributed by atoms with E-state index in [4.69, 9.17) is 0 Å². The van der Waals surface area contributed by atoms with E-state index >= 15 is 0 Å². The lowest BCUT2D eigenvalue weighted by Gasteiger charge is -2.27. The number of phenols is 1. The Morgan fingerprint density at radius 3 is 2.83 bits per heavy atom. The van der Waals surface area contributed by atoms with Gasteiger partial charge in [0.1, 0.15) is 5.75 Å². The van der Waals surface area contributed by atoms with Crippen LogP contribution in [-0.4, -0.2) is 11.1 Å². The van der Waals surface area contributed by atoms with Gasteiger partial charge >= 0.3 is 0 Å². The maximum absolute atomic E-state index is 9.89. The first-order chi connectivity index (χ1) is 8.81. The van der Waals surface area contributed by atoms with E-state index in [9.17, 15) is 5.11 Å². The van der Waals surface area contributed by atoms with Crippen molar-refractivity contribution in [1.29, 1.82) is 0 Å². The molecule has 0 aliphatic heterocycles. The zero-order valence-electron chi connectivity index (χ0n) is 10.7. The second kappa shape index (κ2) is 3.99. The summed E-state index contributed by atoms with van der Waals surface area (Å²) < 4.78 is 0. The third kappa shape index (κ3) is 1.58. The summed E-state index contributed by atoms with van der Waals surface area (Å²) >= 11 is 0. The lowest BCUT2D eigenvalue weighted by molar-refractivity contribution is 0.318. The lowest BCUT2D eigenvalue weighted by Crippen LogP contribution is -2.36. The van der Waals surface area contributed by atoms with Gasteiger partial charge in [-0.05, 0) is 61.1 Å². The highest BCUT2D eigenvalue weighted by atomic mass is 16.3. The predicted octanol–water partition coefficient (Wildman–Crippen LogP) is 3.16. The van der Waals surface area contributed by atoms with Crippen LogP contribution >= 0.6 is 0 Å². The zero-order valence-corrected chi connectivity index (χ0v) is 10.7. The molecule has 0 saturated heterocycles. The zero-order chi connectivity index (χ0) is 12.1. The Kier molecular flexibility index (Phi) is 2.41. The van der Waals surface area contributed by atoms with Crippen molar-refractivity contribution in [2.24, 2.45) is 11.8 Å². The molecule has 3 aliphatic rings. The van der Waals surface area contributed by atoms with Crippen LogP contribution in [0.5, 0.6) is 5.75 Å². The van der Waals surface area contributed by atoms with Gasteiger partial charge in [0, 0.05) is 12.1 Å². The SMILES string of the molecule is Oc1cccc2c1CCC2NC1CC2CCC1C2. The topological polar surface area (TPSA) is 32.3 Å². The normalized spacial score (nSPS) is 37.1. The van der Waals surface area contributed by atoms with Crippen molar-refractivity contribution in [1.82, 2.24) is 5.32 Å². The highest BCUT2D eigenvalue weighted by molar-refractivity contribution is 5.44. The quantitative estimate of drug-likeness (QED) is 0.836. The van der Waals surface area contributed by atoms with Gasteiger partial charge in [-0.25, -0.2) is 0 Å². The lowest BCUT2D eigenvalue weighted by atomic mass is 9.94. The van der Waals surface area contributed by atoms with E-state index in [1.54, 1.807) is 0 Å². The largest absolute Gasteiger partial charge is 0.508 e. The molecule has 0 aromatic heterocycles. The maximum Gasteiger partial charge on any atom is 0.119 e. The van der Waals surface area contributed by atoms with Gasteiger partial charge in [-0.2, -0.15) is 0 Å². The highest BCUT2D eigenvalue weighted by Gasteiger charge is 2.40. The standard InChI is InChI=1S/C16H21NO/c18-16-3-1-2-12-13(16)6-7-14(12)17-15-9-10-4-5-11(15)8-10/h1-3,10-11,14-15,17-18H,4-9H2. The van der Waals surface area contributed by atoms with Gasteiger partial charge in [0.2, 0.25) is 0 Å². The fourth-order valence-corrected chi connectivity index (χ4v) is 4.52. The minimum atomic E-state index is 0.483. The van der Waals surface area contributed by atoms with E-state index in [1.807, 2.05) is 12.1 Å². The number of hydrogen-bond donors (Lipinski definition) is 2. The molecule has 96 valence electrons. The second-order valence-electron chi connectivity index (χ2n) is 6.38. The first-order valence-electron chi connectivity index (χ1n) is 7.38. The van der Waals surface area contributed by atoms with Crippen LogP contribution in [-0.2, 0) is 6.42 Å². The van der Waals surface area contributed by atoms with Crippen LogP contribution in [0, 0.1) is 11.8 Å². The molecule has 0 radical (unpaired) electrons. The van der Waals surface area contributed by atoms with Crippen molar-refractivity contribution >= 4 is 0 Å². The molecule has 0 heterocycles. The van der Waals surface area contributed by atoms with E-state index in [0.717, 1.165) is 30.7 Å². The number of fused-ring (bicyclic) bond motifs is 3. The molecule has 1 aromatic carbocycles. The highest BCUT2D eigenvalue weighted by Crippen LogP contribution is 2.46. The summed E-state index contributed by atoms with van der Waals surface area (Å²) in [6.45, 7) is 0. The van der Waals surface area contributed by atoms with Crippen LogP contribution in [0.2, 0.25) is 0 Å². The average Bonchev–Trinajstić information content (AvgIpc) is 3.05. The molecule has 2 saturated carbocycles. The fraction of sp³-hybridized carbons (Fsp3) is 0.625. The van der Waals surface area contributed by atoms with Gasteiger partial charge in [0.25, 0.3) is 0 Å². The Balaban J connectivity index is 1.53. The van der Waals surface area contributed by atoms with Crippen molar-refractivity contribution < 1.29 is 5.11 Å². The summed E-state index contributed by atoms with van der Waals surface area (Å²) in [4.78, 5) is 0. The molecule has 2 nitrogen and oxygen atoms in total. The van der Waals surface area contributed by atoms with Crippen LogP contribution in [0.25, 0.3) is 0 Å². The Morgan fingerprint density at radius 2 is 2.06 bits per heavy atom. The van der Waals surface area contributed by atoms with E-state index < -0.39 is 0 Å². The molecule has 4 rings (SSSR count). The molecule has 2 bridgehead atoms. The average molecular weight is 243 g/mol. The van der Waals surface area contributed by atoms with Crippen molar-refractivity contribution in [3.05, 3.63) is 29.3 Å². The van der Waals surface area contributed by atoms with Gasteiger partial charge in [0.05, 0.1) is 0 Å². The number of benzene rings is 1. The third-order valence-corrected chi connectivity index (χ3v) is 5.40. The summed E-state index contributed by atoms with van der Waals surface area (Å²) in [5.74, 6) is 2.42. The van der Waals surface area contributed by atoms with Crippen molar-refractivity contribution in [2.45, 2.75) is 50.6 Å². The van der Waals surface area contributed by atoms with Crippen LogP contribution in [0.3, 0.4) is 0 Å². The first-order valence-corrected chi connectivity index (χ1v) is 7.38. The minimum absolute atomic E-state index is 0.483. The molecule has 2 N–H and O–H groups in total. The molecule has 2 fully saturated rings. The molecule has 3 aliphatic carbocycles. The van der Waals surface area contributed by atoms with Crippen molar-refractivity contribution in [3.63, 3.8) is 0 Å². The summed E-state index contributed by atoms with van der Waals surface area (Å²) in [5.41, 5.74) is 2.52. The van der Waals surface area contributed by atoms with E-state index in [2.05, 4.69) is 11.4 Å². The fourth-order valence-electron chi connectivity index (χ4n) is 4.52. The third-order valence-electron chi connectivity index (χ3n) is 5.40. The van der Waals surface area contributed by atoms with Gasteiger partial charge < -0.3 is 10.4 Å². The number of rotatable bonds is 2. The second-order valence-corrected chi connectivity index (χ2v) is 6.38. The molecule has 4 atom stereocenters. The summed E-state index contributed by atoms with van der Waals surface area (Å²) in [6.07, 6.45) is 7.92. The molecular weight excluding hydrogens is 222 g/mol. The number of nitrogens with one attached hydrogen (secondary N) is 1. The van der Waals surface area contributed by atoms with Gasteiger partial charge in [-0.15, -0.1) is 0 Å². The number of phenolic OH excluding ortho intramolecular Hbond substituents is 1. The minimum Gasteiger partial charge on any atom is -0.508 e. The van der Waals surface area contributed by atoms with Crippen LogP contribution < -0.4 is 5.32 Å². The van der Waals surface area contributed by atoms with E-state index in [0.29, 0.717) is 11.8 Å². The van der Waals surface area contributed by atoms with Crippen molar-refractivity contribution in [3.8, 4) is 5.75 Å². The van der Waals surface area contributed by atoms with Crippen LogP contribution in [0.1, 0.15) is 49.3 Å². The van der Waals surface area contributed by atoms with E-state index in [-0.39, 0.29) is 0 Å². The molecule has 1 aromatic rings. The van der Waals surface area contributed by atoms with Gasteiger partial charge in [-0.3, -0.25) is 0 Å². The molecule has 4 unspecified atom stereocenters. The van der Waals surface area contributed by atoms with Crippen molar-refractivity contribution in [2.75, 3.05) is 0 Å². The molecule has 0 spiro atoms. The van der Waals surface area contributed by atoms with Gasteiger partial charge in [-0.1, -0.05) is 18.6 Å². The number of hydrogen-bond acceptors (Lipinski definition) is 2. The molecule has 2 heteroatoms. The monoisotopic (exact) mass is 243 g/mol.